The Labute approximate surface area is 137 Å². The third-order valence-corrected chi connectivity index (χ3v) is 4.07. The fraction of sp³-hybridized carbons (Fsp3) is 0.529. The molecule has 0 spiro atoms. The zero-order chi connectivity index (χ0) is 16.8. The first-order chi connectivity index (χ1) is 10.9. The van der Waals surface area contributed by atoms with Gasteiger partial charge in [-0.05, 0) is 38.3 Å². The Hall–Kier alpha value is -2.08. The van der Waals surface area contributed by atoms with Crippen LogP contribution in [0.5, 0.6) is 0 Å². The van der Waals surface area contributed by atoms with Crippen LogP contribution in [0.4, 0.5) is 4.79 Å². The van der Waals surface area contributed by atoms with Crippen LogP contribution in [0.25, 0.3) is 0 Å². The van der Waals surface area contributed by atoms with Gasteiger partial charge in [-0.1, -0.05) is 29.3 Å². The maximum atomic E-state index is 11.6. The first-order valence-electron chi connectivity index (χ1n) is 8.02. The Morgan fingerprint density at radius 2 is 1.91 bits per heavy atom. The molecule has 0 radical (unpaired) electrons. The number of urea groups is 1. The second-order valence-electron chi connectivity index (χ2n) is 6.41. The number of benzene rings is 1. The van der Waals surface area contributed by atoms with Gasteiger partial charge in [-0.2, -0.15) is 0 Å². The molecule has 0 bridgehead atoms. The summed E-state index contributed by atoms with van der Waals surface area (Å²) in [6.07, 6.45) is 1.08. The maximum absolute atomic E-state index is 11.6. The number of aryl methyl sites for hydroxylation is 2. The number of nitrogens with zero attached hydrogens (tertiary/aromatic N) is 1. The monoisotopic (exact) mass is 318 g/mol. The van der Waals surface area contributed by atoms with E-state index in [1.807, 2.05) is 0 Å². The quantitative estimate of drug-likeness (QED) is 0.728. The third kappa shape index (κ3) is 5.90. The lowest BCUT2D eigenvalue weighted by Crippen LogP contribution is -2.41. The summed E-state index contributed by atoms with van der Waals surface area (Å²) in [4.78, 5) is 24.5. The molecule has 1 aliphatic rings. The molecular formula is C17H26N4O2. The minimum absolute atomic E-state index is 0.0612. The van der Waals surface area contributed by atoms with Crippen molar-refractivity contribution in [1.82, 2.24) is 15.5 Å². The van der Waals surface area contributed by atoms with Crippen LogP contribution in [-0.4, -0.2) is 43.0 Å². The van der Waals surface area contributed by atoms with Crippen LogP contribution in [0, 0.1) is 19.8 Å². The number of hydrogen-bond donors (Lipinski definition) is 3. The van der Waals surface area contributed by atoms with Gasteiger partial charge < -0.3 is 16.4 Å². The van der Waals surface area contributed by atoms with E-state index in [4.69, 9.17) is 5.73 Å². The normalized spacial score (nSPS) is 17.9. The van der Waals surface area contributed by atoms with E-state index >= 15 is 0 Å². The molecule has 3 amide bonds. The van der Waals surface area contributed by atoms with Crippen LogP contribution >= 0.6 is 0 Å². The van der Waals surface area contributed by atoms with Gasteiger partial charge in [-0.25, -0.2) is 4.79 Å². The molecule has 1 aromatic rings. The summed E-state index contributed by atoms with van der Waals surface area (Å²) in [7, 11) is 0. The number of nitrogens with two attached hydrogens (primary N) is 1. The van der Waals surface area contributed by atoms with Gasteiger partial charge in [-0.15, -0.1) is 0 Å². The van der Waals surface area contributed by atoms with Gasteiger partial charge in [0.1, 0.15) is 0 Å². The van der Waals surface area contributed by atoms with E-state index in [1.165, 1.54) is 16.7 Å². The lowest BCUT2D eigenvalue weighted by Gasteiger charge is -2.17. The molecule has 4 N–H and O–H groups in total. The van der Waals surface area contributed by atoms with Crippen molar-refractivity contribution in [2.75, 3.05) is 26.2 Å². The van der Waals surface area contributed by atoms with Crippen LogP contribution in [0.1, 0.15) is 23.1 Å². The van der Waals surface area contributed by atoms with E-state index in [9.17, 15) is 9.59 Å². The van der Waals surface area contributed by atoms with Gasteiger partial charge in [0.05, 0.1) is 6.54 Å². The molecule has 0 saturated carbocycles. The smallest absolute Gasteiger partial charge is 0.312 e. The number of hydrogen-bond acceptors (Lipinski definition) is 3. The molecule has 1 heterocycles. The Morgan fingerprint density at radius 1 is 1.22 bits per heavy atom. The highest BCUT2D eigenvalue weighted by atomic mass is 16.2. The predicted molar refractivity (Wildman–Crippen MR) is 89.9 cm³/mol. The minimum Gasteiger partial charge on any atom is -0.354 e. The number of primary amides is 1. The highest BCUT2D eigenvalue weighted by Gasteiger charge is 2.22. The molecule has 6 heteroatoms. The van der Waals surface area contributed by atoms with Crippen molar-refractivity contribution in [1.29, 1.82) is 0 Å². The van der Waals surface area contributed by atoms with E-state index < -0.39 is 6.03 Å². The highest BCUT2D eigenvalue weighted by molar-refractivity contribution is 5.83. The van der Waals surface area contributed by atoms with Gasteiger partial charge in [0.15, 0.2) is 0 Å². The van der Waals surface area contributed by atoms with Crippen LogP contribution in [-0.2, 0) is 11.3 Å². The Morgan fingerprint density at radius 3 is 2.57 bits per heavy atom. The van der Waals surface area contributed by atoms with Gasteiger partial charge >= 0.3 is 6.03 Å². The molecule has 23 heavy (non-hydrogen) atoms. The lowest BCUT2D eigenvalue weighted by molar-refractivity contribution is -0.120. The van der Waals surface area contributed by atoms with Crippen LogP contribution < -0.4 is 16.4 Å². The minimum atomic E-state index is -0.680. The zero-order valence-electron chi connectivity index (χ0n) is 13.9. The molecule has 126 valence electrons. The number of amides is 3. The van der Waals surface area contributed by atoms with E-state index in [2.05, 4.69) is 47.6 Å². The number of nitrogens with one attached hydrogen (secondary N) is 2. The second kappa shape index (κ2) is 7.97. The summed E-state index contributed by atoms with van der Waals surface area (Å²) in [5.41, 5.74) is 8.87. The van der Waals surface area contributed by atoms with Crippen LogP contribution in [0.2, 0.25) is 0 Å². The summed E-state index contributed by atoms with van der Waals surface area (Å²) in [5.74, 6) is 0.259. The van der Waals surface area contributed by atoms with Crippen molar-refractivity contribution in [3.05, 3.63) is 34.9 Å². The predicted octanol–water partition coefficient (Wildman–Crippen LogP) is 0.910. The fourth-order valence-corrected chi connectivity index (χ4v) is 3.13. The molecule has 2 rings (SSSR count). The summed E-state index contributed by atoms with van der Waals surface area (Å²) in [5, 5.41) is 5.14. The van der Waals surface area contributed by atoms with Crippen molar-refractivity contribution in [2.45, 2.75) is 26.8 Å². The SMILES string of the molecule is Cc1cc(C)cc(CN2CC[C@H](CNC(=O)CNC(N)=O)C2)c1. The Kier molecular flexibility index (Phi) is 5.98. The van der Waals surface area contributed by atoms with Crippen molar-refractivity contribution in [3.63, 3.8) is 0 Å². The first-order valence-corrected chi connectivity index (χ1v) is 8.02. The van der Waals surface area contributed by atoms with Crippen molar-refractivity contribution < 1.29 is 9.59 Å². The average Bonchev–Trinajstić information content (AvgIpc) is 2.89. The van der Waals surface area contributed by atoms with Crippen molar-refractivity contribution >= 4 is 11.9 Å². The number of likely N-dealkylation sites (tertiary alicyclic amines) is 1. The van der Waals surface area contributed by atoms with Crippen molar-refractivity contribution in [3.8, 4) is 0 Å². The van der Waals surface area contributed by atoms with Crippen LogP contribution in [0.15, 0.2) is 18.2 Å². The second-order valence-corrected chi connectivity index (χ2v) is 6.41. The van der Waals surface area contributed by atoms with E-state index in [-0.39, 0.29) is 12.5 Å². The zero-order valence-corrected chi connectivity index (χ0v) is 13.9. The van der Waals surface area contributed by atoms with Gasteiger partial charge in [0, 0.05) is 19.6 Å². The molecular weight excluding hydrogens is 292 g/mol. The molecule has 1 saturated heterocycles. The summed E-state index contributed by atoms with van der Waals surface area (Å²) >= 11 is 0. The molecule has 0 aromatic heterocycles. The summed E-state index contributed by atoms with van der Waals surface area (Å²) in [6, 6.07) is 5.97. The molecule has 1 aromatic carbocycles. The maximum Gasteiger partial charge on any atom is 0.312 e. The van der Waals surface area contributed by atoms with E-state index in [1.54, 1.807) is 0 Å². The molecule has 0 unspecified atom stereocenters. The Bertz CT molecular complexity index is 553. The molecule has 1 fully saturated rings. The third-order valence-electron chi connectivity index (χ3n) is 4.07. The summed E-state index contributed by atoms with van der Waals surface area (Å²) in [6.45, 7) is 7.81. The fourth-order valence-electron chi connectivity index (χ4n) is 3.13. The molecule has 1 aliphatic heterocycles. The van der Waals surface area contributed by atoms with Crippen LogP contribution in [0.3, 0.4) is 0 Å². The summed E-state index contributed by atoms with van der Waals surface area (Å²) < 4.78 is 0. The molecule has 1 atom stereocenters. The average molecular weight is 318 g/mol. The standard InChI is InChI=1S/C17H26N4O2/c1-12-5-13(2)7-15(6-12)11-21-4-3-14(10-21)8-19-16(22)9-20-17(18)23/h5-7,14H,3-4,8-11H2,1-2H3,(H,19,22)(H3,18,20,23)/t14-/m1/s1. The lowest BCUT2D eigenvalue weighted by atomic mass is 10.1. The first kappa shape index (κ1) is 17.3. The highest BCUT2D eigenvalue weighted by Crippen LogP contribution is 2.19. The topological polar surface area (TPSA) is 87.5 Å². The van der Waals surface area contributed by atoms with Gasteiger partial charge in [0.2, 0.25) is 5.91 Å². The number of carbonyl (C=O) groups is 2. The van der Waals surface area contributed by atoms with E-state index in [0.29, 0.717) is 12.5 Å². The van der Waals surface area contributed by atoms with E-state index in [0.717, 1.165) is 26.1 Å². The largest absolute Gasteiger partial charge is 0.354 e. The van der Waals surface area contributed by atoms with Crippen molar-refractivity contribution in [2.24, 2.45) is 11.7 Å². The van der Waals surface area contributed by atoms with Gasteiger partial charge in [0.25, 0.3) is 0 Å². The molecule has 6 nitrogen and oxygen atoms in total. The number of carbonyl (C=O) groups excluding carboxylic acids is 2. The Balaban J connectivity index is 1.73. The van der Waals surface area contributed by atoms with Gasteiger partial charge in [-0.3, -0.25) is 9.69 Å². The molecule has 0 aliphatic carbocycles. The number of rotatable bonds is 6.